The molecule has 1 unspecified atom stereocenters. The van der Waals surface area contributed by atoms with Crippen molar-refractivity contribution in [3.8, 4) is 5.75 Å². The lowest BCUT2D eigenvalue weighted by atomic mass is 9.80. The average molecular weight is 294 g/mol. The Morgan fingerprint density at radius 1 is 1.38 bits per heavy atom. The zero-order chi connectivity index (χ0) is 15.5. The van der Waals surface area contributed by atoms with E-state index in [1.807, 2.05) is 13.0 Å². The van der Waals surface area contributed by atoms with Gasteiger partial charge in [-0.15, -0.1) is 0 Å². The summed E-state index contributed by atoms with van der Waals surface area (Å²) in [5.74, 6) is 0.409. The van der Waals surface area contributed by atoms with Crippen molar-refractivity contribution in [2.24, 2.45) is 5.41 Å². The molecule has 2 rings (SSSR count). The highest BCUT2D eigenvalue weighted by molar-refractivity contribution is 5.36. The van der Waals surface area contributed by atoms with Crippen molar-refractivity contribution in [3.63, 3.8) is 0 Å². The van der Waals surface area contributed by atoms with E-state index in [0.29, 0.717) is 16.7 Å². The maximum absolute atomic E-state index is 14.1. The number of hydrogen-bond acceptors (Lipinski definition) is 3. The number of ether oxygens (including phenoxy) is 1. The van der Waals surface area contributed by atoms with Gasteiger partial charge in [-0.3, -0.25) is 0 Å². The van der Waals surface area contributed by atoms with E-state index < -0.39 is 0 Å². The van der Waals surface area contributed by atoms with E-state index in [9.17, 15) is 4.39 Å². The highest BCUT2D eigenvalue weighted by Crippen LogP contribution is 2.32. The molecule has 0 saturated carbocycles. The molecule has 0 amide bonds. The van der Waals surface area contributed by atoms with Gasteiger partial charge in [-0.05, 0) is 57.5 Å². The van der Waals surface area contributed by atoms with Gasteiger partial charge in [0.05, 0.1) is 7.11 Å². The number of likely N-dealkylation sites (tertiary alicyclic amines) is 1. The van der Waals surface area contributed by atoms with Crippen molar-refractivity contribution < 1.29 is 9.13 Å². The molecule has 1 aromatic rings. The molecule has 1 fully saturated rings. The number of methoxy groups -OCH3 is 1. The Morgan fingerprint density at radius 2 is 2.05 bits per heavy atom. The molecule has 0 bridgehead atoms. The zero-order valence-corrected chi connectivity index (χ0v) is 13.6. The summed E-state index contributed by atoms with van der Waals surface area (Å²) in [6.45, 7) is 7.49. The van der Waals surface area contributed by atoms with E-state index in [1.54, 1.807) is 13.2 Å². The third-order valence-electron chi connectivity index (χ3n) is 4.70. The van der Waals surface area contributed by atoms with Crippen molar-refractivity contribution >= 4 is 0 Å². The van der Waals surface area contributed by atoms with Crippen molar-refractivity contribution in [2.75, 3.05) is 33.8 Å². The standard InChI is InChI=1S/C17H27FN2O/c1-13(16-14(18)6-5-7-15(16)21-4)19-12-17(2)8-10-20(3)11-9-17/h5-7,13,19H,8-12H2,1-4H3. The third kappa shape index (κ3) is 3.95. The van der Waals surface area contributed by atoms with Crippen LogP contribution in [-0.4, -0.2) is 38.7 Å². The average Bonchev–Trinajstić information content (AvgIpc) is 2.48. The van der Waals surface area contributed by atoms with Crippen LogP contribution in [0.5, 0.6) is 5.75 Å². The van der Waals surface area contributed by atoms with Gasteiger partial charge >= 0.3 is 0 Å². The van der Waals surface area contributed by atoms with Gasteiger partial charge in [0.1, 0.15) is 11.6 Å². The maximum Gasteiger partial charge on any atom is 0.131 e. The molecule has 0 aromatic heterocycles. The Bertz CT molecular complexity index is 470. The van der Waals surface area contributed by atoms with Gasteiger partial charge in [-0.1, -0.05) is 13.0 Å². The van der Waals surface area contributed by atoms with Gasteiger partial charge in [-0.25, -0.2) is 4.39 Å². The van der Waals surface area contributed by atoms with Crippen LogP contribution in [0.15, 0.2) is 18.2 Å². The van der Waals surface area contributed by atoms with Crippen LogP contribution in [0.4, 0.5) is 4.39 Å². The van der Waals surface area contributed by atoms with Crippen LogP contribution in [0, 0.1) is 11.2 Å². The second kappa shape index (κ2) is 6.75. The summed E-state index contributed by atoms with van der Waals surface area (Å²) >= 11 is 0. The molecule has 1 N–H and O–H groups in total. The summed E-state index contributed by atoms with van der Waals surface area (Å²) in [5.41, 5.74) is 0.913. The number of nitrogens with one attached hydrogen (secondary N) is 1. The first-order valence-electron chi connectivity index (χ1n) is 7.69. The molecule has 1 aliphatic heterocycles. The topological polar surface area (TPSA) is 24.5 Å². The van der Waals surface area contributed by atoms with E-state index in [1.165, 1.54) is 18.9 Å². The molecule has 21 heavy (non-hydrogen) atoms. The summed E-state index contributed by atoms with van der Waals surface area (Å²) in [6, 6.07) is 4.93. The van der Waals surface area contributed by atoms with Crippen molar-refractivity contribution in [3.05, 3.63) is 29.6 Å². The molecule has 3 nitrogen and oxygen atoms in total. The maximum atomic E-state index is 14.1. The minimum atomic E-state index is -0.206. The van der Waals surface area contributed by atoms with Gasteiger partial charge in [0.25, 0.3) is 0 Å². The van der Waals surface area contributed by atoms with Crippen LogP contribution in [-0.2, 0) is 0 Å². The normalized spacial score (nSPS) is 20.2. The summed E-state index contributed by atoms with van der Waals surface area (Å²) in [6.07, 6.45) is 2.36. The quantitative estimate of drug-likeness (QED) is 0.902. The molecule has 0 radical (unpaired) electrons. The monoisotopic (exact) mass is 294 g/mol. The van der Waals surface area contributed by atoms with E-state index in [0.717, 1.165) is 19.6 Å². The largest absolute Gasteiger partial charge is 0.496 e. The Morgan fingerprint density at radius 3 is 2.67 bits per heavy atom. The van der Waals surface area contributed by atoms with Gasteiger partial charge in [-0.2, -0.15) is 0 Å². The first-order chi connectivity index (χ1) is 9.95. The molecule has 1 heterocycles. The van der Waals surface area contributed by atoms with E-state index in [-0.39, 0.29) is 11.9 Å². The first kappa shape index (κ1) is 16.2. The second-order valence-electron chi connectivity index (χ2n) is 6.57. The van der Waals surface area contributed by atoms with Gasteiger partial charge in [0.15, 0.2) is 0 Å². The van der Waals surface area contributed by atoms with Gasteiger partial charge in [0, 0.05) is 18.2 Å². The fourth-order valence-corrected chi connectivity index (χ4v) is 2.95. The summed E-state index contributed by atoms with van der Waals surface area (Å²) in [5, 5.41) is 3.50. The Kier molecular flexibility index (Phi) is 5.22. The van der Waals surface area contributed by atoms with Crippen LogP contribution in [0.1, 0.15) is 38.3 Å². The molecular formula is C17H27FN2O. The predicted molar refractivity (Wildman–Crippen MR) is 84.2 cm³/mol. The van der Waals surface area contributed by atoms with Crippen LogP contribution in [0.2, 0.25) is 0 Å². The lowest BCUT2D eigenvalue weighted by Crippen LogP contribution is -2.42. The number of halogens is 1. The number of rotatable bonds is 5. The lowest BCUT2D eigenvalue weighted by molar-refractivity contribution is 0.134. The number of hydrogen-bond donors (Lipinski definition) is 1. The van der Waals surface area contributed by atoms with Crippen molar-refractivity contribution in [1.82, 2.24) is 10.2 Å². The van der Waals surface area contributed by atoms with Gasteiger partial charge < -0.3 is 15.0 Å². The SMILES string of the molecule is COc1cccc(F)c1C(C)NCC1(C)CCN(C)CC1. The lowest BCUT2D eigenvalue weighted by Gasteiger charge is -2.38. The summed E-state index contributed by atoms with van der Waals surface area (Å²) < 4.78 is 19.4. The Labute approximate surface area is 127 Å². The molecule has 0 spiro atoms. The van der Waals surface area contributed by atoms with Crippen LogP contribution in [0.3, 0.4) is 0 Å². The fraction of sp³-hybridized carbons (Fsp3) is 0.647. The van der Waals surface area contributed by atoms with Gasteiger partial charge in [0.2, 0.25) is 0 Å². The van der Waals surface area contributed by atoms with E-state index in [2.05, 4.69) is 24.2 Å². The molecule has 118 valence electrons. The van der Waals surface area contributed by atoms with Crippen LogP contribution < -0.4 is 10.1 Å². The molecule has 1 aromatic carbocycles. The summed E-state index contributed by atoms with van der Waals surface area (Å²) in [4.78, 5) is 2.37. The third-order valence-corrected chi connectivity index (χ3v) is 4.70. The smallest absolute Gasteiger partial charge is 0.131 e. The van der Waals surface area contributed by atoms with E-state index >= 15 is 0 Å². The summed E-state index contributed by atoms with van der Waals surface area (Å²) in [7, 11) is 3.75. The van der Waals surface area contributed by atoms with Crippen molar-refractivity contribution in [2.45, 2.75) is 32.7 Å². The molecular weight excluding hydrogens is 267 g/mol. The predicted octanol–water partition coefficient (Wildman–Crippen LogP) is 3.22. The Hall–Kier alpha value is -1.13. The highest BCUT2D eigenvalue weighted by atomic mass is 19.1. The molecule has 4 heteroatoms. The minimum absolute atomic E-state index is 0.0577. The van der Waals surface area contributed by atoms with Crippen LogP contribution >= 0.6 is 0 Å². The number of benzene rings is 1. The number of piperidine rings is 1. The first-order valence-corrected chi connectivity index (χ1v) is 7.69. The van der Waals surface area contributed by atoms with E-state index in [4.69, 9.17) is 4.74 Å². The molecule has 1 saturated heterocycles. The fourth-order valence-electron chi connectivity index (χ4n) is 2.95. The minimum Gasteiger partial charge on any atom is -0.496 e. The molecule has 1 aliphatic rings. The second-order valence-corrected chi connectivity index (χ2v) is 6.57. The highest BCUT2D eigenvalue weighted by Gasteiger charge is 2.29. The Balaban J connectivity index is 2.00. The van der Waals surface area contributed by atoms with Crippen LogP contribution in [0.25, 0.3) is 0 Å². The van der Waals surface area contributed by atoms with Crippen molar-refractivity contribution in [1.29, 1.82) is 0 Å². The molecule has 1 atom stereocenters. The number of nitrogens with zero attached hydrogens (tertiary/aromatic N) is 1. The molecule has 0 aliphatic carbocycles. The zero-order valence-electron chi connectivity index (χ0n) is 13.6.